The third kappa shape index (κ3) is 6.92. The first kappa shape index (κ1) is 24.1. The van der Waals surface area contributed by atoms with Crippen molar-refractivity contribution in [3.63, 3.8) is 0 Å². The van der Waals surface area contributed by atoms with E-state index in [4.69, 9.17) is 5.11 Å². The molecule has 0 saturated heterocycles. The lowest BCUT2D eigenvalue weighted by molar-refractivity contribution is -0.147. The molecule has 4 atom stereocenters. The maximum Gasteiger partial charge on any atom is 0.332 e. The predicted molar refractivity (Wildman–Crippen MR) is 114 cm³/mol. The second kappa shape index (κ2) is 11.8. The van der Waals surface area contributed by atoms with Gasteiger partial charge in [-0.3, -0.25) is 4.79 Å². The second-order valence-corrected chi connectivity index (χ2v) is 9.27. The SMILES string of the molecule is CCCCC1(C(O)C=C[C@H]2CCC(=O)[C@@H]2CCCCCCC(O)C(=O)O)CCC1. The Morgan fingerprint density at radius 1 is 1.17 bits per heavy atom. The van der Waals surface area contributed by atoms with Crippen molar-refractivity contribution in [1.29, 1.82) is 0 Å². The topological polar surface area (TPSA) is 94.8 Å². The average molecular weight is 409 g/mol. The quantitative estimate of drug-likeness (QED) is 0.287. The summed E-state index contributed by atoms with van der Waals surface area (Å²) in [6.45, 7) is 2.19. The number of Topliss-reactive ketones (excluding diaryl/α,β-unsaturated/α-hetero) is 1. The van der Waals surface area contributed by atoms with Gasteiger partial charge < -0.3 is 15.3 Å². The van der Waals surface area contributed by atoms with E-state index in [9.17, 15) is 19.8 Å². The molecule has 0 radical (unpaired) electrons. The summed E-state index contributed by atoms with van der Waals surface area (Å²) in [6.07, 6.45) is 15.5. The first-order valence-corrected chi connectivity index (χ1v) is 11.7. The van der Waals surface area contributed by atoms with Crippen LogP contribution in [0, 0.1) is 17.3 Å². The van der Waals surface area contributed by atoms with E-state index in [0.29, 0.717) is 25.0 Å². The highest BCUT2D eigenvalue weighted by molar-refractivity contribution is 5.83. The monoisotopic (exact) mass is 408 g/mol. The summed E-state index contributed by atoms with van der Waals surface area (Å²) < 4.78 is 0. The molecule has 5 nitrogen and oxygen atoms in total. The zero-order valence-corrected chi connectivity index (χ0v) is 18.0. The third-order valence-electron chi connectivity index (χ3n) is 7.23. The minimum absolute atomic E-state index is 0.0658. The van der Waals surface area contributed by atoms with Gasteiger partial charge in [-0.1, -0.05) is 64.0 Å². The summed E-state index contributed by atoms with van der Waals surface area (Å²) in [7, 11) is 0. The van der Waals surface area contributed by atoms with Crippen molar-refractivity contribution in [3.05, 3.63) is 12.2 Å². The number of hydrogen-bond donors (Lipinski definition) is 3. The summed E-state index contributed by atoms with van der Waals surface area (Å²) in [5, 5.41) is 28.7. The summed E-state index contributed by atoms with van der Waals surface area (Å²) >= 11 is 0. The molecule has 2 unspecified atom stereocenters. The Balaban J connectivity index is 1.75. The number of hydrogen-bond acceptors (Lipinski definition) is 4. The van der Waals surface area contributed by atoms with Crippen LogP contribution in [0.1, 0.15) is 96.8 Å². The second-order valence-electron chi connectivity index (χ2n) is 9.27. The van der Waals surface area contributed by atoms with Gasteiger partial charge in [-0.05, 0) is 49.9 Å². The molecule has 0 spiro atoms. The Labute approximate surface area is 175 Å². The fraction of sp³-hybridized carbons (Fsp3) is 0.833. The number of aliphatic carboxylic acids is 1. The molecule has 2 aliphatic carbocycles. The number of rotatable bonds is 14. The molecule has 166 valence electrons. The number of carboxylic acid groups (broad SMARTS) is 1. The fourth-order valence-electron chi connectivity index (χ4n) is 5.02. The summed E-state index contributed by atoms with van der Waals surface area (Å²) in [6, 6.07) is 0. The molecule has 0 aromatic heterocycles. The van der Waals surface area contributed by atoms with Crippen LogP contribution in [0.25, 0.3) is 0 Å². The van der Waals surface area contributed by atoms with Crippen LogP contribution in [0.15, 0.2) is 12.2 Å². The molecule has 0 heterocycles. The van der Waals surface area contributed by atoms with Gasteiger partial charge in [0, 0.05) is 12.3 Å². The maximum atomic E-state index is 12.3. The number of aliphatic hydroxyl groups is 2. The van der Waals surface area contributed by atoms with Crippen molar-refractivity contribution in [1.82, 2.24) is 0 Å². The summed E-state index contributed by atoms with van der Waals surface area (Å²) in [4.78, 5) is 22.9. The standard InChI is InChI=1S/C24H40O5/c1-2-3-15-24(16-8-17-24)22(27)14-12-18-11-13-20(25)19(18)9-6-4-5-7-10-21(26)23(28)29/h12,14,18-19,21-22,26-27H,2-11,13,15-17H2,1H3,(H,28,29)/t18-,19-,21?,22?/m1/s1. The zero-order chi connectivity index (χ0) is 21.3. The Morgan fingerprint density at radius 2 is 1.90 bits per heavy atom. The number of unbranched alkanes of at least 4 members (excludes halogenated alkanes) is 4. The Morgan fingerprint density at radius 3 is 2.52 bits per heavy atom. The van der Waals surface area contributed by atoms with Crippen LogP contribution in [-0.4, -0.2) is 39.3 Å². The largest absolute Gasteiger partial charge is 0.479 e. The van der Waals surface area contributed by atoms with Gasteiger partial charge in [0.2, 0.25) is 0 Å². The van der Waals surface area contributed by atoms with Gasteiger partial charge in [0.1, 0.15) is 5.78 Å². The van der Waals surface area contributed by atoms with Gasteiger partial charge in [0.05, 0.1) is 6.10 Å². The third-order valence-corrected chi connectivity index (χ3v) is 7.23. The fourth-order valence-corrected chi connectivity index (χ4v) is 5.02. The van der Waals surface area contributed by atoms with Crippen LogP contribution in [0.2, 0.25) is 0 Å². The van der Waals surface area contributed by atoms with E-state index in [-0.39, 0.29) is 23.4 Å². The van der Waals surface area contributed by atoms with Gasteiger partial charge in [0.25, 0.3) is 0 Å². The van der Waals surface area contributed by atoms with Crippen LogP contribution in [-0.2, 0) is 9.59 Å². The molecule has 5 heteroatoms. The zero-order valence-electron chi connectivity index (χ0n) is 18.0. The first-order chi connectivity index (χ1) is 13.9. The lowest BCUT2D eigenvalue weighted by atomic mass is 9.62. The molecule has 2 fully saturated rings. The lowest BCUT2D eigenvalue weighted by Crippen LogP contribution is -2.40. The molecule has 2 saturated carbocycles. The highest BCUT2D eigenvalue weighted by Crippen LogP contribution is 2.48. The number of aliphatic hydroxyl groups excluding tert-OH is 2. The molecule has 29 heavy (non-hydrogen) atoms. The molecule has 0 amide bonds. The van der Waals surface area contributed by atoms with Crippen molar-refractivity contribution in [2.75, 3.05) is 0 Å². The van der Waals surface area contributed by atoms with Crippen LogP contribution >= 0.6 is 0 Å². The van der Waals surface area contributed by atoms with E-state index in [0.717, 1.165) is 57.8 Å². The van der Waals surface area contributed by atoms with E-state index in [1.165, 1.54) is 12.8 Å². The van der Waals surface area contributed by atoms with Crippen LogP contribution < -0.4 is 0 Å². The number of carbonyl (C=O) groups is 2. The molecule has 0 aliphatic heterocycles. The van der Waals surface area contributed by atoms with Crippen LogP contribution in [0.5, 0.6) is 0 Å². The van der Waals surface area contributed by atoms with E-state index in [1.54, 1.807) is 0 Å². The number of ketones is 1. The van der Waals surface area contributed by atoms with Crippen molar-refractivity contribution in [2.24, 2.45) is 17.3 Å². The molecular formula is C24H40O5. The smallest absolute Gasteiger partial charge is 0.332 e. The van der Waals surface area contributed by atoms with E-state index in [1.807, 2.05) is 6.08 Å². The Kier molecular flexibility index (Phi) is 9.84. The molecule has 0 aromatic carbocycles. The van der Waals surface area contributed by atoms with Gasteiger partial charge in [-0.25, -0.2) is 4.79 Å². The van der Waals surface area contributed by atoms with Crippen molar-refractivity contribution in [3.8, 4) is 0 Å². The van der Waals surface area contributed by atoms with Crippen molar-refractivity contribution in [2.45, 2.75) is 109 Å². The highest BCUT2D eigenvalue weighted by atomic mass is 16.4. The van der Waals surface area contributed by atoms with Gasteiger partial charge in [-0.15, -0.1) is 0 Å². The molecule has 0 aromatic rings. The minimum atomic E-state index is -1.26. The van der Waals surface area contributed by atoms with Crippen LogP contribution in [0.3, 0.4) is 0 Å². The summed E-state index contributed by atoms with van der Waals surface area (Å²) in [5.41, 5.74) is 0.0745. The molecular weight excluding hydrogens is 368 g/mol. The Hall–Kier alpha value is -1.20. The van der Waals surface area contributed by atoms with Crippen molar-refractivity contribution < 1.29 is 24.9 Å². The average Bonchev–Trinajstić information content (AvgIpc) is 3.01. The van der Waals surface area contributed by atoms with Gasteiger partial charge in [-0.2, -0.15) is 0 Å². The van der Waals surface area contributed by atoms with Crippen molar-refractivity contribution >= 4 is 11.8 Å². The predicted octanol–water partition coefficient (Wildman–Crippen LogP) is 4.65. The number of carboxylic acids is 1. The molecule has 2 aliphatic rings. The Bertz CT molecular complexity index is 551. The number of carbonyl (C=O) groups excluding carboxylic acids is 1. The normalized spacial score (nSPS) is 25.8. The number of allylic oxidation sites excluding steroid dienone is 1. The minimum Gasteiger partial charge on any atom is -0.479 e. The van der Waals surface area contributed by atoms with E-state index < -0.39 is 12.1 Å². The maximum absolute atomic E-state index is 12.3. The van der Waals surface area contributed by atoms with Gasteiger partial charge in [0.15, 0.2) is 6.10 Å². The van der Waals surface area contributed by atoms with E-state index >= 15 is 0 Å². The molecule has 3 N–H and O–H groups in total. The molecule has 2 rings (SSSR count). The summed E-state index contributed by atoms with van der Waals surface area (Å²) in [5.74, 6) is -0.498. The van der Waals surface area contributed by atoms with Crippen LogP contribution in [0.4, 0.5) is 0 Å². The molecule has 0 bridgehead atoms. The lowest BCUT2D eigenvalue weighted by Gasteiger charge is -2.45. The highest BCUT2D eigenvalue weighted by Gasteiger charge is 2.42. The van der Waals surface area contributed by atoms with Gasteiger partial charge >= 0.3 is 5.97 Å². The van der Waals surface area contributed by atoms with E-state index in [2.05, 4.69) is 13.0 Å². The first-order valence-electron chi connectivity index (χ1n) is 11.7.